The molecule has 7 aromatic rings. The van der Waals surface area contributed by atoms with Crippen LogP contribution in [-0.2, 0) is 6.54 Å². The zero-order valence-electron chi connectivity index (χ0n) is 48.6. The predicted octanol–water partition coefficient (Wildman–Crippen LogP) is 10.1. The van der Waals surface area contributed by atoms with E-state index in [2.05, 4.69) is 79.1 Å². The topological polar surface area (TPSA) is 159 Å². The Labute approximate surface area is 485 Å². The molecule has 4 aromatic carbocycles. The number of amides is 1. The number of nitrogens with one attached hydrogen (secondary N) is 1. The van der Waals surface area contributed by atoms with Crippen LogP contribution in [0.4, 0.5) is 10.2 Å². The van der Waals surface area contributed by atoms with Gasteiger partial charge in [-0.25, -0.2) is 4.39 Å². The number of piperidine rings is 1. The molecule has 1 amide bonds. The maximum Gasteiger partial charge on any atom is 0.319 e. The first kappa shape index (κ1) is 54.8. The summed E-state index contributed by atoms with van der Waals surface area (Å²) in [7, 11) is 3.28. The molecule has 3 aromatic heterocycles. The smallest absolute Gasteiger partial charge is 0.319 e. The Kier molecular flexibility index (Phi) is 14.7. The van der Waals surface area contributed by atoms with Gasteiger partial charge in [0.05, 0.1) is 31.8 Å². The zero-order valence-corrected chi connectivity index (χ0v) is 48.6. The van der Waals surface area contributed by atoms with E-state index in [-0.39, 0.29) is 46.0 Å². The number of pyridine rings is 1. The molecular weight excluding hydrogens is 1050 g/mol. The standard InChI is InChI=1S/C66H76FN11O5/c1-7-46-10-9-11-47-26-49(79)27-52(56(46)47)58-57(67)59-53(34-69-58)60(77-37-44-30-66(31-44)32-45(33-66)38-77)71-64(70-59)83-40-65(18-19-65)39-76-24-22-75(23-25-76)36-43-16-20-74(21-17-43)35-42-12-14-48(15-13-42)78-61(72-73-62(78)63(80)68-8-2)51-28-50(41(3)4)54(81-5)29-55(51)82-6/h1,9-15,26-29,34,41,43-45,79H,8,16-25,30-33,35-40H2,2-6H3,(H,68,80). The molecule has 0 unspecified atom stereocenters. The normalized spacial score (nSPS) is 21.7. The quantitative estimate of drug-likeness (QED) is 0.0782. The number of aromatic nitrogens is 6. The van der Waals surface area contributed by atoms with Crippen molar-refractivity contribution in [2.45, 2.75) is 84.6 Å². The fraction of sp³-hybridized carbons (Fsp3) is 0.485. The van der Waals surface area contributed by atoms with E-state index in [0.29, 0.717) is 81.0 Å². The Morgan fingerprint density at radius 1 is 0.867 bits per heavy atom. The molecular formula is C66H76FN11O5. The summed E-state index contributed by atoms with van der Waals surface area (Å²) in [5, 5.41) is 24.6. The highest BCUT2D eigenvalue weighted by molar-refractivity contribution is 6.03. The van der Waals surface area contributed by atoms with Gasteiger partial charge in [-0.1, -0.05) is 44.0 Å². The molecule has 83 heavy (non-hydrogen) atoms. The first-order chi connectivity index (χ1) is 40.3. The van der Waals surface area contributed by atoms with Crippen molar-refractivity contribution in [1.29, 1.82) is 0 Å². The lowest BCUT2D eigenvalue weighted by molar-refractivity contribution is -0.0756. The number of carbonyl (C=O) groups excluding carboxylic acids is 1. The fourth-order valence-electron chi connectivity index (χ4n) is 14.7. The number of anilines is 1. The summed E-state index contributed by atoms with van der Waals surface area (Å²) in [5.41, 5.74) is 5.57. The Hall–Kier alpha value is -7.39. The first-order valence-electron chi connectivity index (χ1n) is 30.0. The van der Waals surface area contributed by atoms with E-state index in [0.717, 1.165) is 107 Å². The number of phenols is 1. The number of benzene rings is 4. The average molecular weight is 1120 g/mol. The molecule has 1 spiro atoms. The number of methoxy groups -OCH3 is 2. The van der Waals surface area contributed by atoms with Crippen molar-refractivity contribution in [2.24, 2.45) is 28.6 Å². The minimum absolute atomic E-state index is 0.000415. The molecule has 0 radical (unpaired) electrons. The molecule has 8 fully saturated rings. The van der Waals surface area contributed by atoms with Crippen LogP contribution in [0.25, 0.3) is 50.0 Å². The van der Waals surface area contributed by atoms with E-state index in [1.165, 1.54) is 50.2 Å². The molecule has 17 heteroatoms. The Bertz CT molecular complexity index is 3600. The molecule has 8 heterocycles. The molecule has 3 saturated carbocycles. The number of fused-ring (bicyclic) bond motifs is 2. The second kappa shape index (κ2) is 22.3. The van der Waals surface area contributed by atoms with Gasteiger partial charge in [0, 0.05) is 105 Å². The van der Waals surface area contributed by atoms with E-state index in [9.17, 15) is 9.90 Å². The van der Waals surface area contributed by atoms with Gasteiger partial charge in [0.25, 0.3) is 5.91 Å². The lowest BCUT2D eigenvalue weighted by Gasteiger charge is -2.62. The average Bonchev–Trinajstić information content (AvgIpc) is 4.22. The predicted molar refractivity (Wildman–Crippen MR) is 320 cm³/mol. The van der Waals surface area contributed by atoms with E-state index < -0.39 is 5.82 Å². The summed E-state index contributed by atoms with van der Waals surface area (Å²) in [6.45, 7) is 18.0. The molecule has 16 nitrogen and oxygen atoms in total. The summed E-state index contributed by atoms with van der Waals surface area (Å²) in [4.78, 5) is 38.3. The van der Waals surface area contributed by atoms with Crippen molar-refractivity contribution < 1.29 is 28.5 Å². The van der Waals surface area contributed by atoms with Gasteiger partial charge in [-0.2, -0.15) is 9.97 Å². The number of phenolic OH excluding ortho intramolecular Hbond substituents is 1. The van der Waals surface area contributed by atoms with Gasteiger partial charge in [-0.05, 0) is 153 Å². The molecule has 2 N–H and O–H groups in total. The van der Waals surface area contributed by atoms with Gasteiger partial charge in [0.2, 0.25) is 5.82 Å². The van der Waals surface area contributed by atoms with Crippen LogP contribution in [0.2, 0.25) is 0 Å². The van der Waals surface area contributed by atoms with Crippen LogP contribution in [0.3, 0.4) is 0 Å². The maximum absolute atomic E-state index is 17.4. The highest BCUT2D eigenvalue weighted by Crippen LogP contribution is 2.63. The minimum atomic E-state index is -0.581. The van der Waals surface area contributed by atoms with Crippen molar-refractivity contribution in [3.63, 3.8) is 0 Å². The molecule has 5 saturated heterocycles. The number of ether oxygens (including phenoxy) is 3. The molecule has 432 valence electrons. The summed E-state index contributed by atoms with van der Waals surface area (Å²) in [5.74, 6) is 6.63. The number of carbonyl (C=O) groups is 1. The number of piperazine rings is 1. The number of likely N-dealkylation sites (tertiary alicyclic amines) is 1. The summed E-state index contributed by atoms with van der Waals surface area (Å²) < 4.78 is 37.4. The van der Waals surface area contributed by atoms with Crippen molar-refractivity contribution in [2.75, 3.05) is 97.7 Å². The Morgan fingerprint density at radius 2 is 1.59 bits per heavy atom. The lowest BCUT2D eigenvalue weighted by Crippen LogP contribution is -2.57. The molecule has 5 aliphatic heterocycles. The molecule has 8 aliphatic rings. The van der Waals surface area contributed by atoms with Crippen LogP contribution in [0, 0.1) is 46.7 Å². The van der Waals surface area contributed by atoms with Crippen LogP contribution >= 0.6 is 0 Å². The number of rotatable bonds is 18. The highest BCUT2D eigenvalue weighted by atomic mass is 19.1. The maximum atomic E-state index is 17.4. The van der Waals surface area contributed by atoms with Crippen LogP contribution < -0.4 is 24.4 Å². The van der Waals surface area contributed by atoms with Crippen molar-refractivity contribution in [1.82, 2.24) is 49.7 Å². The molecule has 15 rings (SSSR count). The Morgan fingerprint density at radius 3 is 2.27 bits per heavy atom. The van der Waals surface area contributed by atoms with Crippen LogP contribution in [0.5, 0.6) is 23.3 Å². The monoisotopic (exact) mass is 1120 g/mol. The van der Waals surface area contributed by atoms with Crippen molar-refractivity contribution in [3.05, 3.63) is 101 Å². The zero-order chi connectivity index (χ0) is 57.1. The van der Waals surface area contributed by atoms with Crippen molar-refractivity contribution >= 4 is 33.4 Å². The SMILES string of the molecule is C#Cc1cccc2cc(O)cc(-c3ncc4c(N5CC6CC7(C6)CC(C5)C7)nc(OCC5(CN6CCN(CC7CCN(Cc8ccc(-n9c(C(=O)NCC)nnc9-c9cc(C(C)C)c(OC)cc9OC)cc8)CC7)CC6)CC5)nc4c3F)c12. The van der Waals surface area contributed by atoms with E-state index >= 15 is 4.39 Å². The van der Waals surface area contributed by atoms with Gasteiger partial charge in [-0.3, -0.25) is 19.2 Å². The third-order valence-electron chi connectivity index (χ3n) is 19.1. The first-order valence-corrected chi connectivity index (χ1v) is 30.0. The largest absolute Gasteiger partial charge is 0.508 e. The highest BCUT2D eigenvalue weighted by Gasteiger charge is 2.55. The molecule has 3 aliphatic carbocycles. The van der Waals surface area contributed by atoms with Crippen molar-refractivity contribution in [3.8, 4) is 63.9 Å². The third-order valence-corrected chi connectivity index (χ3v) is 19.1. The van der Waals surface area contributed by atoms with Crippen LogP contribution in [0.1, 0.15) is 105 Å². The molecule has 3 bridgehead atoms. The number of aromatic hydroxyl groups is 1. The second-order valence-electron chi connectivity index (χ2n) is 25.3. The fourth-order valence-corrected chi connectivity index (χ4v) is 14.7. The van der Waals surface area contributed by atoms with E-state index in [1.54, 1.807) is 26.5 Å². The van der Waals surface area contributed by atoms with Gasteiger partial charge in [0.15, 0.2) is 11.6 Å². The number of terminal acetylenes is 1. The summed E-state index contributed by atoms with van der Waals surface area (Å²) in [6.07, 6.45) is 17.1. The summed E-state index contributed by atoms with van der Waals surface area (Å²) in [6, 6.07) is 21.2. The Balaban J connectivity index is 0.634. The minimum Gasteiger partial charge on any atom is -0.508 e. The number of nitrogens with zero attached hydrogens (tertiary/aromatic N) is 10. The number of hydrogen-bond donors (Lipinski definition) is 2. The number of hydrogen-bond acceptors (Lipinski definition) is 14. The van der Waals surface area contributed by atoms with Gasteiger partial charge < -0.3 is 39.3 Å². The molecule has 0 atom stereocenters. The van der Waals surface area contributed by atoms with Crippen LogP contribution in [0.15, 0.2) is 72.9 Å². The lowest BCUT2D eigenvalue weighted by atomic mass is 9.47. The van der Waals surface area contributed by atoms with E-state index in [4.69, 9.17) is 35.6 Å². The van der Waals surface area contributed by atoms with Crippen LogP contribution in [-0.4, -0.2) is 148 Å². The number of halogens is 1. The van der Waals surface area contributed by atoms with E-state index in [1.807, 2.05) is 41.8 Å². The van der Waals surface area contributed by atoms with Gasteiger partial charge in [-0.15, -0.1) is 16.6 Å². The second-order valence-corrected chi connectivity index (χ2v) is 25.3. The summed E-state index contributed by atoms with van der Waals surface area (Å²) >= 11 is 0. The van der Waals surface area contributed by atoms with Gasteiger partial charge in [0.1, 0.15) is 34.3 Å². The van der Waals surface area contributed by atoms with Gasteiger partial charge >= 0.3 is 6.01 Å². The third kappa shape index (κ3) is 10.7.